The number of carbonyl (C=O) groups is 2. The number of amides is 2. The molecule has 0 aliphatic carbocycles. The van der Waals surface area contributed by atoms with Gasteiger partial charge in [0, 0.05) is 12.1 Å². The largest absolute Gasteiger partial charge is 0.412 e. The van der Waals surface area contributed by atoms with Gasteiger partial charge in [0.1, 0.15) is 0 Å². The van der Waals surface area contributed by atoms with Crippen LogP contribution in [0.25, 0.3) is 11.1 Å². The first-order valence-corrected chi connectivity index (χ1v) is 6.73. The van der Waals surface area contributed by atoms with E-state index in [9.17, 15) is 9.59 Å². The van der Waals surface area contributed by atoms with Crippen molar-refractivity contribution in [2.45, 2.75) is 6.92 Å². The summed E-state index contributed by atoms with van der Waals surface area (Å²) in [5.74, 6) is 0.221. The van der Waals surface area contributed by atoms with Gasteiger partial charge in [-0.25, -0.2) is 9.59 Å². The van der Waals surface area contributed by atoms with Crippen LogP contribution >= 0.6 is 0 Å². The van der Waals surface area contributed by atoms with Crippen molar-refractivity contribution in [1.29, 1.82) is 0 Å². The molecule has 0 unspecified atom stereocenters. The van der Waals surface area contributed by atoms with Crippen LogP contribution in [0.3, 0.4) is 0 Å². The molecule has 0 spiro atoms. The van der Waals surface area contributed by atoms with E-state index in [4.69, 9.17) is 15.2 Å². The molecule has 0 heterocycles. The molecule has 114 valence electrons. The van der Waals surface area contributed by atoms with Gasteiger partial charge >= 0.3 is 12.2 Å². The number of nitrogens with two attached hydrogens (primary N) is 1. The van der Waals surface area contributed by atoms with Gasteiger partial charge in [0.05, 0.1) is 0 Å². The average molecular weight is 300 g/mol. The fraction of sp³-hybridized carbons (Fsp3) is 0.125. The second kappa shape index (κ2) is 7.12. The van der Waals surface area contributed by atoms with E-state index in [0.717, 1.165) is 5.56 Å². The number of hydrogen-bond acceptors (Lipinski definition) is 4. The lowest BCUT2D eigenvalue weighted by atomic mass is 10.0. The highest BCUT2D eigenvalue weighted by Gasteiger charge is 2.17. The first-order chi connectivity index (χ1) is 10.6. The van der Waals surface area contributed by atoms with Crippen molar-refractivity contribution in [3.05, 3.63) is 48.5 Å². The zero-order valence-electron chi connectivity index (χ0n) is 12.0. The van der Waals surface area contributed by atoms with Crippen LogP contribution in [0.5, 0.6) is 11.5 Å². The Bertz CT molecular complexity index is 671. The minimum atomic E-state index is -0.982. The van der Waals surface area contributed by atoms with Crippen molar-refractivity contribution >= 4 is 12.2 Å². The van der Waals surface area contributed by atoms with Crippen LogP contribution < -0.4 is 20.5 Å². The molecule has 0 radical (unpaired) electrons. The zero-order chi connectivity index (χ0) is 15.9. The van der Waals surface area contributed by atoms with Gasteiger partial charge in [-0.3, -0.25) is 0 Å². The molecular weight excluding hydrogens is 284 g/mol. The van der Waals surface area contributed by atoms with Crippen molar-refractivity contribution in [2.24, 2.45) is 5.73 Å². The zero-order valence-corrected chi connectivity index (χ0v) is 12.0. The summed E-state index contributed by atoms with van der Waals surface area (Å²) >= 11 is 0. The van der Waals surface area contributed by atoms with Crippen molar-refractivity contribution in [3.63, 3.8) is 0 Å². The van der Waals surface area contributed by atoms with E-state index in [1.807, 2.05) is 30.3 Å². The average Bonchev–Trinajstić information content (AvgIpc) is 2.49. The van der Waals surface area contributed by atoms with Gasteiger partial charge in [0.15, 0.2) is 11.5 Å². The Morgan fingerprint density at radius 3 is 2.41 bits per heavy atom. The van der Waals surface area contributed by atoms with Crippen LogP contribution in [0, 0.1) is 0 Å². The number of primary amides is 1. The minimum Gasteiger partial charge on any atom is -0.406 e. The van der Waals surface area contributed by atoms with Crippen molar-refractivity contribution < 1.29 is 19.1 Å². The van der Waals surface area contributed by atoms with Gasteiger partial charge in [0.2, 0.25) is 0 Å². The van der Waals surface area contributed by atoms with E-state index in [1.54, 1.807) is 19.1 Å². The van der Waals surface area contributed by atoms with Gasteiger partial charge < -0.3 is 20.5 Å². The maximum atomic E-state index is 11.6. The molecule has 0 fully saturated rings. The molecule has 0 atom stereocenters. The molecule has 2 amide bonds. The molecule has 0 saturated carbocycles. The molecule has 0 aromatic heterocycles. The number of carbonyl (C=O) groups excluding carboxylic acids is 2. The molecule has 0 aliphatic heterocycles. The normalized spacial score (nSPS) is 9.86. The van der Waals surface area contributed by atoms with Crippen molar-refractivity contribution in [3.8, 4) is 22.6 Å². The predicted molar refractivity (Wildman–Crippen MR) is 81.8 cm³/mol. The first-order valence-electron chi connectivity index (χ1n) is 6.73. The number of rotatable bonds is 4. The highest BCUT2D eigenvalue weighted by molar-refractivity contribution is 5.81. The third-order valence-electron chi connectivity index (χ3n) is 2.79. The standard InChI is InChI=1S/C16H16N2O4/c1-2-18-16(20)21-13-10-6-9-12(14(13)22-15(17)19)11-7-4-3-5-8-11/h3-10H,2H2,1H3,(H2,17,19)(H,18,20). The Morgan fingerprint density at radius 2 is 1.77 bits per heavy atom. The molecule has 0 aliphatic rings. The van der Waals surface area contributed by atoms with Crippen LogP contribution in [0.2, 0.25) is 0 Å². The Morgan fingerprint density at radius 1 is 1.05 bits per heavy atom. The molecule has 3 N–H and O–H groups in total. The van der Waals surface area contributed by atoms with Crippen molar-refractivity contribution in [1.82, 2.24) is 5.32 Å². The van der Waals surface area contributed by atoms with Crippen LogP contribution in [-0.2, 0) is 0 Å². The molecule has 2 rings (SSSR count). The third-order valence-corrected chi connectivity index (χ3v) is 2.79. The topological polar surface area (TPSA) is 90.7 Å². The number of ether oxygens (including phenoxy) is 2. The lowest BCUT2D eigenvalue weighted by Crippen LogP contribution is -2.27. The number of hydrogen-bond donors (Lipinski definition) is 2. The summed E-state index contributed by atoms with van der Waals surface area (Å²) in [5, 5.41) is 2.50. The van der Waals surface area contributed by atoms with Gasteiger partial charge in [0.25, 0.3) is 0 Å². The highest BCUT2D eigenvalue weighted by atomic mass is 16.6. The van der Waals surface area contributed by atoms with Gasteiger partial charge in [-0.1, -0.05) is 42.5 Å². The van der Waals surface area contributed by atoms with Crippen molar-refractivity contribution in [2.75, 3.05) is 6.54 Å². The third kappa shape index (κ3) is 3.76. The first kappa shape index (κ1) is 15.4. The Kier molecular flexibility index (Phi) is 4.98. The van der Waals surface area contributed by atoms with E-state index in [1.165, 1.54) is 6.07 Å². The number of nitrogens with one attached hydrogen (secondary N) is 1. The van der Waals surface area contributed by atoms with Gasteiger partial charge in [-0.15, -0.1) is 0 Å². The van der Waals surface area contributed by atoms with E-state index < -0.39 is 12.2 Å². The van der Waals surface area contributed by atoms with E-state index in [-0.39, 0.29) is 11.5 Å². The molecule has 22 heavy (non-hydrogen) atoms. The summed E-state index contributed by atoms with van der Waals surface area (Å²) < 4.78 is 10.2. The number of para-hydroxylation sites is 1. The lowest BCUT2D eigenvalue weighted by molar-refractivity contribution is 0.194. The monoisotopic (exact) mass is 300 g/mol. The second-order valence-corrected chi connectivity index (χ2v) is 4.34. The predicted octanol–water partition coefficient (Wildman–Crippen LogP) is 2.92. The lowest BCUT2D eigenvalue weighted by Gasteiger charge is -2.13. The van der Waals surface area contributed by atoms with Gasteiger partial charge in [-0.05, 0) is 18.6 Å². The van der Waals surface area contributed by atoms with Crippen LogP contribution in [0.4, 0.5) is 9.59 Å². The van der Waals surface area contributed by atoms with Crippen LogP contribution in [0.15, 0.2) is 48.5 Å². The Labute approximate surface area is 127 Å². The Balaban J connectivity index is 2.45. The summed E-state index contributed by atoms with van der Waals surface area (Å²) in [6.07, 6.45) is -1.62. The second-order valence-electron chi connectivity index (χ2n) is 4.34. The molecule has 0 bridgehead atoms. The molecule has 2 aromatic carbocycles. The molecule has 6 heteroatoms. The summed E-state index contributed by atoms with van der Waals surface area (Å²) in [5.41, 5.74) is 6.52. The minimum absolute atomic E-state index is 0.104. The highest BCUT2D eigenvalue weighted by Crippen LogP contribution is 2.38. The molecule has 6 nitrogen and oxygen atoms in total. The fourth-order valence-electron chi connectivity index (χ4n) is 1.93. The van der Waals surface area contributed by atoms with E-state index in [2.05, 4.69) is 5.32 Å². The molecular formula is C16H16N2O4. The van der Waals surface area contributed by atoms with E-state index >= 15 is 0 Å². The SMILES string of the molecule is CCNC(=O)Oc1cccc(-c2ccccc2)c1OC(N)=O. The summed E-state index contributed by atoms with van der Waals surface area (Å²) in [6, 6.07) is 14.2. The summed E-state index contributed by atoms with van der Waals surface area (Å²) in [4.78, 5) is 22.8. The van der Waals surface area contributed by atoms with Crippen LogP contribution in [0.1, 0.15) is 6.92 Å². The fourth-order valence-corrected chi connectivity index (χ4v) is 1.93. The van der Waals surface area contributed by atoms with E-state index in [0.29, 0.717) is 12.1 Å². The summed E-state index contributed by atoms with van der Waals surface area (Å²) in [6.45, 7) is 2.19. The Hall–Kier alpha value is -3.02. The quantitative estimate of drug-likeness (QED) is 0.908. The van der Waals surface area contributed by atoms with Gasteiger partial charge in [-0.2, -0.15) is 0 Å². The maximum absolute atomic E-state index is 11.6. The molecule has 2 aromatic rings. The maximum Gasteiger partial charge on any atom is 0.412 e. The summed E-state index contributed by atoms with van der Waals surface area (Å²) in [7, 11) is 0. The number of benzene rings is 2. The molecule has 0 saturated heterocycles. The van der Waals surface area contributed by atoms with Crippen LogP contribution in [-0.4, -0.2) is 18.7 Å². The smallest absolute Gasteiger partial charge is 0.406 e.